The summed E-state index contributed by atoms with van der Waals surface area (Å²) in [6.07, 6.45) is 3.86. The van der Waals surface area contributed by atoms with Crippen molar-refractivity contribution in [3.63, 3.8) is 0 Å². The van der Waals surface area contributed by atoms with Crippen LogP contribution < -0.4 is 4.74 Å². The van der Waals surface area contributed by atoms with Crippen LogP contribution in [-0.4, -0.2) is 12.4 Å². The smallest absolute Gasteiger partial charge is 0.163 e. The first-order valence-electron chi connectivity index (χ1n) is 6.49. The maximum Gasteiger partial charge on any atom is 0.163 e. The zero-order valence-corrected chi connectivity index (χ0v) is 10.7. The molecular weight excluding hydrogens is 212 g/mol. The molecule has 1 atom stereocenters. The first-order valence-corrected chi connectivity index (χ1v) is 6.49. The van der Waals surface area contributed by atoms with Gasteiger partial charge >= 0.3 is 0 Å². The van der Waals surface area contributed by atoms with E-state index in [0.717, 1.165) is 37.2 Å². The van der Waals surface area contributed by atoms with Crippen LogP contribution in [0.3, 0.4) is 0 Å². The summed E-state index contributed by atoms with van der Waals surface area (Å²) in [5, 5.41) is 0. The molecule has 1 aromatic carbocycles. The molecule has 0 amide bonds. The van der Waals surface area contributed by atoms with Gasteiger partial charge in [-0.3, -0.25) is 4.79 Å². The Morgan fingerprint density at radius 3 is 3.06 bits per heavy atom. The maximum atomic E-state index is 12.1. The Labute approximate surface area is 103 Å². The van der Waals surface area contributed by atoms with Crippen LogP contribution >= 0.6 is 0 Å². The molecule has 2 rings (SSSR count). The van der Waals surface area contributed by atoms with Gasteiger partial charge in [0.25, 0.3) is 0 Å². The molecule has 2 heteroatoms. The lowest BCUT2D eigenvalue weighted by molar-refractivity contribution is 0.0962. The highest BCUT2D eigenvalue weighted by Crippen LogP contribution is 2.26. The quantitative estimate of drug-likeness (QED) is 0.725. The van der Waals surface area contributed by atoms with Crippen molar-refractivity contribution in [1.82, 2.24) is 0 Å². The highest BCUT2D eigenvalue weighted by molar-refractivity contribution is 5.96. The van der Waals surface area contributed by atoms with Crippen molar-refractivity contribution < 1.29 is 9.53 Å². The molecule has 1 aliphatic heterocycles. The van der Waals surface area contributed by atoms with E-state index in [-0.39, 0.29) is 5.78 Å². The number of hydrogen-bond donors (Lipinski definition) is 0. The second-order valence-electron chi connectivity index (χ2n) is 4.94. The van der Waals surface area contributed by atoms with Crippen LogP contribution in [0.4, 0.5) is 0 Å². The Morgan fingerprint density at radius 2 is 2.29 bits per heavy atom. The third kappa shape index (κ3) is 2.87. The molecule has 0 N–H and O–H groups in total. The molecule has 17 heavy (non-hydrogen) atoms. The van der Waals surface area contributed by atoms with Gasteiger partial charge in [-0.1, -0.05) is 26.7 Å². The Kier molecular flexibility index (Phi) is 3.82. The van der Waals surface area contributed by atoms with E-state index in [1.54, 1.807) is 0 Å². The van der Waals surface area contributed by atoms with E-state index in [1.165, 1.54) is 5.56 Å². The minimum atomic E-state index is 0.264. The van der Waals surface area contributed by atoms with Crippen LogP contribution in [0.25, 0.3) is 0 Å². The van der Waals surface area contributed by atoms with E-state index in [2.05, 4.69) is 13.8 Å². The lowest BCUT2D eigenvalue weighted by Crippen LogP contribution is -2.06. The van der Waals surface area contributed by atoms with E-state index in [0.29, 0.717) is 12.3 Å². The molecule has 0 radical (unpaired) electrons. The standard InChI is InChI=1S/C15H20O2/c1-3-4-11(2)9-14(16)12-5-6-15-13(10-12)7-8-17-15/h5-6,10-11H,3-4,7-9H2,1-2H3. The summed E-state index contributed by atoms with van der Waals surface area (Å²) < 4.78 is 5.44. The molecule has 92 valence electrons. The fraction of sp³-hybridized carbons (Fsp3) is 0.533. The summed E-state index contributed by atoms with van der Waals surface area (Å²) >= 11 is 0. The van der Waals surface area contributed by atoms with Crippen LogP contribution in [-0.2, 0) is 6.42 Å². The Balaban J connectivity index is 2.04. The second-order valence-corrected chi connectivity index (χ2v) is 4.94. The fourth-order valence-electron chi connectivity index (χ4n) is 2.39. The number of hydrogen-bond acceptors (Lipinski definition) is 2. The average Bonchev–Trinajstić information content (AvgIpc) is 2.75. The number of ketones is 1. The summed E-state index contributed by atoms with van der Waals surface area (Å²) in [6, 6.07) is 5.83. The Bertz CT molecular complexity index is 409. The molecule has 1 aliphatic rings. The molecule has 1 aromatic rings. The molecule has 0 saturated carbocycles. The van der Waals surface area contributed by atoms with Gasteiger partial charge in [0.05, 0.1) is 6.61 Å². The van der Waals surface area contributed by atoms with Gasteiger partial charge in [-0.25, -0.2) is 0 Å². The summed E-state index contributed by atoms with van der Waals surface area (Å²) in [7, 11) is 0. The van der Waals surface area contributed by atoms with Gasteiger partial charge in [-0.2, -0.15) is 0 Å². The van der Waals surface area contributed by atoms with Gasteiger partial charge < -0.3 is 4.74 Å². The SMILES string of the molecule is CCCC(C)CC(=O)c1ccc2c(c1)CCO2. The minimum Gasteiger partial charge on any atom is -0.493 e. The monoisotopic (exact) mass is 232 g/mol. The van der Waals surface area contributed by atoms with Gasteiger partial charge in [0.2, 0.25) is 0 Å². The van der Waals surface area contributed by atoms with Gasteiger partial charge in [0, 0.05) is 18.4 Å². The van der Waals surface area contributed by atoms with Crippen LogP contribution in [0.15, 0.2) is 18.2 Å². The van der Waals surface area contributed by atoms with Crippen LogP contribution in [0.2, 0.25) is 0 Å². The van der Waals surface area contributed by atoms with Gasteiger partial charge in [-0.15, -0.1) is 0 Å². The fourth-order valence-corrected chi connectivity index (χ4v) is 2.39. The van der Waals surface area contributed by atoms with Crippen molar-refractivity contribution in [1.29, 1.82) is 0 Å². The van der Waals surface area contributed by atoms with Crippen LogP contribution in [0.5, 0.6) is 5.75 Å². The molecule has 1 unspecified atom stereocenters. The van der Waals surface area contributed by atoms with E-state index < -0.39 is 0 Å². The normalized spacial score (nSPS) is 15.2. The molecule has 0 aliphatic carbocycles. The molecular formula is C15H20O2. The summed E-state index contributed by atoms with van der Waals surface area (Å²) in [4.78, 5) is 12.1. The predicted molar refractivity (Wildman–Crippen MR) is 68.7 cm³/mol. The molecule has 0 spiro atoms. The third-order valence-electron chi connectivity index (χ3n) is 3.33. The Morgan fingerprint density at radius 1 is 1.47 bits per heavy atom. The van der Waals surface area contributed by atoms with Gasteiger partial charge in [-0.05, 0) is 29.7 Å². The number of ether oxygens (including phenoxy) is 1. The van der Waals surface area contributed by atoms with Crippen molar-refractivity contribution in [2.45, 2.75) is 39.5 Å². The number of carbonyl (C=O) groups excluding carboxylic acids is 1. The molecule has 0 fully saturated rings. The highest BCUT2D eigenvalue weighted by Gasteiger charge is 2.16. The van der Waals surface area contributed by atoms with E-state index in [4.69, 9.17) is 4.74 Å². The maximum absolute atomic E-state index is 12.1. The Hall–Kier alpha value is -1.31. The number of fused-ring (bicyclic) bond motifs is 1. The molecule has 2 nitrogen and oxygen atoms in total. The zero-order valence-electron chi connectivity index (χ0n) is 10.7. The van der Waals surface area contributed by atoms with E-state index >= 15 is 0 Å². The molecule has 0 bridgehead atoms. The lowest BCUT2D eigenvalue weighted by Gasteiger charge is -2.09. The number of benzene rings is 1. The number of rotatable bonds is 5. The molecule has 0 saturated heterocycles. The average molecular weight is 232 g/mol. The van der Waals surface area contributed by atoms with Crippen molar-refractivity contribution in [3.05, 3.63) is 29.3 Å². The minimum absolute atomic E-state index is 0.264. The third-order valence-corrected chi connectivity index (χ3v) is 3.33. The van der Waals surface area contributed by atoms with Crippen molar-refractivity contribution >= 4 is 5.78 Å². The lowest BCUT2D eigenvalue weighted by atomic mass is 9.95. The first-order chi connectivity index (χ1) is 8.20. The van der Waals surface area contributed by atoms with E-state index in [9.17, 15) is 4.79 Å². The van der Waals surface area contributed by atoms with Gasteiger partial charge in [0.15, 0.2) is 5.78 Å². The number of Topliss-reactive ketones (excluding diaryl/α,β-unsaturated/α-hetero) is 1. The summed E-state index contributed by atoms with van der Waals surface area (Å²) in [5.41, 5.74) is 2.02. The number of carbonyl (C=O) groups is 1. The van der Waals surface area contributed by atoms with Crippen molar-refractivity contribution in [2.75, 3.05) is 6.61 Å². The highest BCUT2D eigenvalue weighted by atomic mass is 16.5. The largest absolute Gasteiger partial charge is 0.493 e. The molecule has 1 heterocycles. The summed E-state index contributed by atoms with van der Waals surface area (Å²) in [6.45, 7) is 5.06. The van der Waals surface area contributed by atoms with Crippen molar-refractivity contribution in [3.8, 4) is 5.75 Å². The topological polar surface area (TPSA) is 26.3 Å². The van der Waals surface area contributed by atoms with E-state index in [1.807, 2.05) is 18.2 Å². The second kappa shape index (κ2) is 5.35. The van der Waals surface area contributed by atoms with Crippen LogP contribution in [0.1, 0.15) is 49.0 Å². The zero-order chi connectivity index (χ0) is 12.3. The summed E-state index contributed by atoms with van der Waals surface area (Å²) in [5.74, 6) is 1.70. The predicted octanol–water partition coefficient (Wildman–Crippen LogP) is 3.63. The first kappa shape index (κ1) is 12.2. The van der Waals surface area contributed by atoms with Crippen LogP contribution in [0, 0.1) is 5.92 Å². The molecule has 0 aromatic heterocycles. The van der Waals surface area contributed by atoms with Crippen molar-refractivity contribution in [2.24, 2.45) is 5.92 Å². The van der Waals surface area contributed by atoms with Gasteiger partial charge in [0.1, 0.15) is 5.75 Å².